The Bertz CT molecular complexity index is 1250. The fraction of sp³-hybridized carbons (Fsp3) is 0.438. The number of ether oxygens (including phenoxy) is 2. The molecule has 10 nitrogen and oxygen atoms in total. The summed E-state index contributed by atoms with van der Waals surface area (Å²) < 4.78 is 10.5. The number of hydrogen-bond acceptors (Lipinski definition) is 6. The average molecular weight is 579 g/mol. The number of nitrogens with two attached hydrogens (primary N) is 1. The number of anilines is 1. The minimum Gasteiger partial charge on any atom is -0.497 e. The maximum atomic E-state index is 14.1. The van der Waals surface area contributed by atoms with Gasteiger partial charge in [0.2, 0.25) is 11.8 Å². The maximum Gasteiger partial charge on any atom is 0.408 e. The molecular formula is C32H42N4O6. The van der Waals surface area contributed by atoms with Crippen molar-refractivity contribution in [1.82, 2.24) is 10.2 Å². The summed E-state index contributed by atoms with van der Waals surface area (Å²) in [5, 5.41) is 5.36. The Morgan fingerprint density at radius 3 is 2.17 bits per heavy atom. The molecule has 0 bridgehead atoms. The minimum atomic E-state index is -1.36. The van der Waals surface area contributed by atoms with Crippen molar-refractivity contribution in [1.29, 1.82) is 0 Å². The highest BCUT2D eigenvalue weighted by Crippen LogP contribution is 2.27. The molecule has 0 saturated carbocycles. The molecule has 10 heteroatoms. The fourth-order valence-electron chi connectivity index (χ4n) is 4.25. The number of alkyl carbamates (subject to hydrolysis) is 1. The SMILES string of the molecule is C#Cc1ccc(C(C(=O)Nc2ccc(OC)cc2)N(CCCCCC)C(=O)C(CC(N)=O)NC(=O)OC(C)(C)C)cc1. The van der Waals surface area contributed by atoms with E-state index in [1.54, 1.807) is 76.4 Å². The number of terminal acetylenes is 1. The summed E-state index contributed by atoms with van der Waals surface area (Å²) in [4.78, 5) is 54.1. The Morgan fingerprint density at radius 2 is 1.64 bits per heavy atom. The van der Waals surface area contributed by atoms with E-state index < -0.39 is 47.9 Å². The second-order valence-corrected chi connectivity index (χ2v) is 10.8. The zero-order valence-electron chi connectivity index (χ0n) is 25.1. The Morgan fingerprint density at radius 1 is 1.00 bits per heavy atom. The smallest absolute Gasteiger partial charge is 0.408 e. The van der Waals surface area contributed by atoms with Crippen LogP contribution in [0.5, 0.6) is 5.75 Å². The molecule has 4 N–H and O–H groups in total. The maximum absolute atomic E-state index is 14.1. The van der Waals surface area contributed by atoms with Gasteiger partial charge in [-0.15, -0.1) is 6.42 Å². The topological polar surface area (TPSA) is 140 Å². The Kier molecular flexibility index (Phi) is 12.9. The normalized spacial score (nSPS) is 12.3. The quantitative estimate of drug-likeness (QED) is 0.222. The van der Waals surface area contributed by atoms with E-state index in [0.717, 1.165) is 19.3 Å². The first-order valence-electron chi connectivity index (χ1n) is 14.0. The van der Waals surface area contributed by atoms with Gasteiger partial charge >= 0.3 is 6.09 Å². The van der Waals surface area contributed by atoms with Gasteiger partial charge in [0.1, 0.15) is 23.4 Å². The number of nitrogens with one attached hydrogen (secondary N) is 2. The zero-order chi connectivity index (χ0) is 31.3. The van der Waals surface area contributed by atoms with Crippen LogP contribution in [0.2, 0.25) is 0 Å². The van der Waals surface area contributed by atoms with Gasteiger partial charge in [0, 0.05) is 17.8 Å². The number of primary amides is 1. The van der Waals surface area contributed by atoms with Crippen LogP contribution in [0.25, 0.3) is 0 Å². The number of carbonyl (C=O) groups excluding carboxylic acids is 4. The summed E-state index contributed by atoms with van der Waals surface area (Å²) in [6, 6.07) is 11.0. The molecule has 0 spiro atoms. The summed E-state index contributed by atoms with van der Waals surface area (Å²) in [5.41, 5.74) is 6.22. The first-order valence-corrected chi connectivity index (χ1v) is 14.0. The van der Waals surface area contributed by atoms with Gasteiger partial charge in [-0.25, -0.2) is 4.79 Å². The first-order chi connectivity index (χ1) is 19.9. The molecule has 2 rings (SSSR count). The monoisotopic (exact) mass is 578 g/mol. The molecule has 0 aliphatic rings. The van der Waals surface area contributed by atoms with E-state index in [4.69, 9.17) is 21.6 Å². The van der Waals surface area contributed by atoms with Crippen molar-refractivity contribution in [3.63, 3.8) is 0 Å². The number of methoxy groups -OCH3 is 1. The Labute approximate surface area is 248 Å². The first kappa shape index (κ1) is 33.7. The molecule has 0 fully saturated rings. The third kappa shape index (κ3) is 10.8. The van der Waals surface area contributed by atoms with Crippen LogP contribution < -0.4 is 21.1 Å². The summed E-state index contributed by atoms with van der Waals surface area (Å²) >= 11 is 0. The molecule has 2 atom stereocenters. The number of amides is 4. The molecular weight excluding hydrogens is 536 g/mol. The third-order valence-corrected chi connectivity index (χ3v) is 6.24. The van der Waals surface area contributed by atoms with Gasteiger partial charge in [0.05, 0.1) is 13.5 Å². The number of nitrogens with zero attached hydrogens (tertiary/aromatic N) is 1. The zero-order valence-corrected chi connectivity index (χ0v) is 25.1. The minimum absolute atomic E-state index is 0.182. The van der Waals surface area contributed by atoms with Crippen molar-refractivity contribution in [2.45, 2.75) is 77.5 Å². The molecule has 0 heterocycles. The second-order valence-electron chi connectivity index (χ2n) is 10.8. The molecule has 2 aromatic rings. The molecule has 2 unspecified atom stereocenters. The van der Waals surface area contributed by atoms with Crippen LogP contribution in [-0.2, 0) is 19.1 Å². The van der Waals surface area contributed by atoms with Crippen molar-refractivity contribution < 1.29 is 28.7 Å². The van der Waals surface area contributed by atoms with Gasteiger partial charge < -0.3 is 30.7 Å². The lowest BCUT2D eigenvalue weighted by Crippen LogP contribution is -2.53. The van der Waals surface area contributed by atoms with E-state index in [1.807, 2.05) is 0 Å². The standard InChI is InChI=1S/C32H42N4O6/c1-7-9-10-11-20-36(30(39)26(21-27(33)37)35-31(40)42-32(3,4)5)28(23-14-12-22(8-2)13-15-23)29(38)34-24-16-18-25(41-6)19-17-24/h2,12-19,26,28H,7,9-11,20-21H2,1,3-6H3,(H2,33,37)(H,34,38)(H,35,40). The number of hydrogen-bond donors (Lipinski definition) is 3. The van der Waals surface area contributed by atoms with Gasteiger partial charge in [-0.1, -0.05) is 44.2 Å². The van der Waals surface area contributed by atoms with Crippen molar-refractivity contribution in [3.8, 4) is 18.1 Å². The highest BCUT2D eigenvalue weighted by molar-refractivity contribution is 5.99. The lowest BCUT2D eigenvalue weighted by molar-refractivity contribution is -0.142. The molecule has 0 saturated heterocycles. The van der Waals surface area contributed by atoms with E-state index in [0.29, 0.717) is 29.0 Å². The van der Waals surface area contributed by atoms with Crippen LogP contribution in [-0.4, -0.2) is 54.0 Å². The number of rotatable bonds is 14. The molecule has 0 aliphatic heterocycles. The highest BCUT2D eigenvalue weighted by Gasteiger charge is 2.37. The van der Waals surface area contributed by atoms with Crippen LogP contribution in [0, 0.1) is 12.3 Å². The van der Waals surface area contributed by atoms with Gasteiger partial charge in [0.25, 0.3) is 5.91 Å². The van der Waals surface area contributed by atoms with Gasteiger partial charge in [0.15, 0.2) is 0 Å². The molecule has 0 radical (unpaired) electrons. The molecule has 226 valence electrons. The van der Waals surface area contributed by atoms with Crippen LogP contribution in [0.15, 0.2) is 48.5 Å². The summed E-state index contributed by atoms with van der Waals surface area (Å²) in [7, 11) is 1.54. The molecule has 0 aliphatic carbocycles. The van der Waals surface area contributed by atoms with E-state index in [-0.39, 0.29) is 6.54 Å². The largest absolute Gasteiger partial charge is 0.497 e. The summed E-state index contributed by atoms with van der Waals surface area (Å²) in [5.74, 6) is 1.23. The Balaban J connectivity index is 2.55. The van der Waals surface area contributed by atoms with Gasteiger partial charge in [-0.3, -0.25) is 14.4 Å². The van der Waals surface area contributed by atoms with Crippen LogP contribution in [0.3, 0.4) is 0 Å². The predicted octanol–water partition coefficient (Wildman–Crippen LogP) is 4.53. The van der Waals surface area contributed by atoms with Crippen LogP contribution in [0.4, 0.5) is 10.5 Å². The Hall–Kier alpha value is -4.52. The summed E-state index contributed by atoms with van der Waals surface area (Å²) in [6.45, 7) is 7.28. The predicted molar refractivity (Wildman–Crippen MR) is 162 cm³/mol. The van der Waals surface area contributed by atoms with Crippen LogP contribution >= 0.6 is 0 Å². The van der Waals surface area contributed by atoms with E-state index >= 15 is 0 Å². The van der Waals surface area contributed by atoms with Crippen LogP contribution in [0.1, 0.15) is 77.0 Å². The number of benzene rings is 2. The third-order valence-electron chi connectivity index (χ3n) is 6.24. The molecule has 2 aromatic carbocycles. The van der Waals surface area contributed by atoms with Crippen molar-refractivity contribution >= 4 is 29.5 Å². The van der Waals surface area contributed by atoms with E-state index in [9.17, 15) is 19.2 Å². The number of unbranched alkanes of at least 4 members (excludes halogenated alkanes) is 3. The van der Waals surface area contributed by atoms with Gasteiger partial charge in [-0.2, -0.15) is 0 Å². The fourth-order valence-corrected chi connectivity index (χ4v) is 4.25. The van der Waals surface area contributed by atoms with Gasteiger partial charge in [-0.05, 0) is 69.2 Å². The second kappa shape index (κ2) is 16.1. The van der Waals surface area contributed by atoms with E-state index in [2.05, 4.69) is 23.5 Å². The average Bonchev–Trinajstić information content (AvgIpc) is 2.93. The van der Waals surface area contributed by atoms with Crippen molar-refractivity contribution in [3.05, 3.63) is 59.7 Å². The van der Waals surface area contributed by atoms with Crippen molar-refractivity contribution in [2.75, 3.05) is 19.0 Å². The summed E-state index contributed by atoms with van der Waals surface area (Å²) in [6.07, 6.45) is 7.47. The molecule has 42 heavy (non-hydrogen) atoms. The number of carbonyl (C=O) groups is 4. The molecule has 4 amide bonds. The molecule has 0 aromatic heterocycles. The lowest BCUT2D eigenvalue weighted by Gasteiger charge is -2.34. The van der Waals surface area contributed by atoms with Crippen molar-refractivity contribution in [2.24, 2.45) is 5.73 Å². The lowest BCUT2D eigenvalue weighted by atomic mass is 10.00. The van der Waals surface area contributed by atoms with E-state index in [1.165, 1.54) is 4.90 Å². The highest BCUT2D eigenvalue weighted by atomic mass is 16.6.